The van der Waals surface area contributed by atoms with Crippen LogP contribution in [0.1, 0.15) is 0 Å². The second-order valence-corrected chi connectivity index (χ2v) is 4.54. The van der Waals surface area contributed by atoms with Gasteiger partial charge in [0.2, 0.25) is 6.54 Å². The summed E-state index contributed by atoms with van der Waals surface area (Å²) in [6.07, 6.45) is -1.43. The van der Waals surface area contributed by atoms with Crippen molar-refractivity contribution < 1.29 is 37.2 Å². The summed E-state index contributed by atoms with van der Waals surface area (Å²) in [5.41, 5.74) is 1.74. The number of rotatable bonds is 3. The van der Waals surface area contributed by atoms with E-state index in [2.05, 4.69) is 14.3 Å². The number of carbonyl (C=O) groups excluding carboxylic acids is 1. The number of aliphatic carboxylic acids is 1. The molecule has 0 aliphatic heterocycles. The third kappa shape index (κ3) is 6.38. The van der Waals surface area contributed by atoms with Gasteiger partial charge in [-0.3, -0.25) is 0 Å². The quantitative estimate of drug-likeness (QED) is 0.662. The van der Waals surface area contributed by atoms with Gasteiger partial charge in [0.25, 0.3) is 0 Å². The first-order valence-electron chi connectivity index (χ1n) is 5.87. The largest absolute Gasteiger partial charge is 0.490 e. The lowest BCUT2D eigenvalue weighted by atomic mass is 10.2. The molecule has 11 heteroatoms. The molecule has 0 spiro atoms. The first kappa shape index (κ1) is 18.5. The van der Waals surface area contributed by atoms with Crippen molar-refractivity contribution in [3.8, 4) is 11.3 Å². The average molecular weight is 350 g/mol. The van der Waals surface area contributed by atoms with Crippen LogP contribution < -0.4 is 4.57 Å². The van der Waals surface area contributed by atoms with Gasteiger partial charge in [0.15, 0.2) is 12.4 Å². The predicted molar refractivity (Wildman–Crippen MR) is 71.2 cm³/mol. The minimum atomic E-state index is -4.85. The number of methoxy groups -OCH3 is 1. The number of hydrogen-bond donors (Lipinski definition) is 1. The van der Waals surface area contributed by atoms with Crippen LogP contribution in [0, 0.1) is 0 Å². The van der Waals surface area contributed by atoms with Gasteiger partial charge in [-0.2, -0.15) is 17.7 Å². The predicted octanol–water partition coefficient (Wildman–Crippen LogP) is 1.30. The molecule has 7 nitrogen and oxygen atoms in total. The number of alkyl halides is 3. The van der Waals surface area contributed by atoms with E-state index in [1.165, 1.54) is 11.5 Å². The number of pyridine rings is 1. The maximum absolute atomic E-state index is 11.0. The first-order valence-corrected chi connectivity index (χ1v) is 6.71. The zero-order valence-electron chi connectivity index (χ0n) is 11.6. The average Bonchev–Trinajstić information content (AvgIpc) is 3.00. The van der Waals surface area contributed by atoms with Crippen molar-refractivity contribution in [3.63, 3.8) is 0 Å². The zero-order chi connectivity index (χ0) is 17.5. The number of carboxylic acid groups (broad SMARTS) is 1. The Morgan fingerprint density at radius 1 is 1.35 bits per heavy atom. The molecule has 0 aromatic carbocycles. The lowest BCUT2D eigenvalue weighted by molar-refractivity contribution is -0.685. The number of esters is 1. The Morgan fingerprint density at radius 2 is 1.96 bits per heavy atom. The number of carboxylic acids is 1. The van der Waals surface area contributed by atoms with Crippen LogP contribution in [-0.2, 0) is 20.9 Å². The van der Waals surface area contributed by atoms with Crippen molar-refractivity contribution in [2.75, 3.05) is 7.11 Å². The highest BCUT2D eigenvalue weighted by molar-refractivity contribution is 7.03. The summed E-state index contributed by atoms with van der Waals surface area (Å²) < 4.78 is 41.6. The molecule has 0 aliphatic rings. The van der Waals surface area contributed by atoms with Gasteiger partial charge in [0, 0.05) is 23.1 Å². The fraction of sp³-hybridized carbons (Fsp3) is 0.250. The van der Waals surface area contributed by atoms with Crippen LogP contribution in [0.25, 0.3) is 11.3 Å². The first-order chi connectivity index (χ1) is 10.7. The summed E-state index contributed by atoms with van der Waals surface area (Å²) in [6, 6.07) is 3.64. The van der Waals surface area contributed by atoms with E-state index in [-0.39, 0.29) is 6.54 Å². The van der Waals surface area contributed by atoms with Crippen LogP contribution in [0.5, 0.6) is 0 Å². The highest BCUT2D eigenvalue weighted by Gasteiger charge is 2.40. The Hall–Kier alpha value is -2.56. The van der Waals surface area contributed by atoms with E-state index < -0.39 is 18.1 Å². The van der Waals surface area contributed by atoms with Gasteiger partial charge in [0.1, 0.15) is 5.69 Å². The van der Waals surface area contributed by atoms with Gasteiger partial charge in [0.05, 0.1) is 7.11 Å². The van der Waals surface area contributed by atoms with E-state index in [1.54, 1.807) is 17.0 Å². The minimum Gasteiger partial charge on any atom is -0.477 e. The summed E-state index contributed by atoms with van der Waals surface area (Å²) in [7, 11) is 0.676. The van der Waals surface area contributed by atoms with E-state index in [0.29, 0.717) is 7.11 Å². The van der Waals surface area contributed by atoms with Crippen molar-refractivity contribution >= 4 is 23.5 Å². The molecule has 2 heterocycles. The standard InChI is InChI=1S/C9H7N3O2S.C3H3F3O2/c13-9(14)5-12-3-1-7(2-4-12)8-6-15-11-10-8;1-8-2(7)3(4,5)6/h1-4,6H,5H2;1H3/p+1. The smallest absolute Gasteiger partial charge is 0.477 e. The number of carbonyl (C=O) groups is 2. The molecular weight excluding hydrogens is 339 g/mol. The maximum atomic E-state index is 11.0. The summed E-state index contributed by atoms with van der Waals surface area (Å²) in [5.74, 6) is -3.03. The molecule has 23 heavy (non-hydrogen) atoms. The summed E-state index contributed by atoms with van der Waals surface area (Å²) in [4.78, 5) is 19.9. The SMILES string of the molecule is COC(=O)C(F)(F)F.O=C(O)C[n+]1ccc(-c2csnn2)cc1. The molecule has 0 aliphatic carbocycles. The van der Waals surface area contributed by atoms with Gasteiger partial charge < -0.3 is 9.84 Å². The van der Waals surface area contributed by atoms with Crippen LogP contribution >= 0.6 is 11.5 Å². The van der Waals surface area contributed by atoms with E-state index in [4.69, 9.17) is 5.11 Å². The Morgan fingerprint density at radius 3 is 2.30 bits per heavy atom. The number of halogens is 3. The van der Waals surface area contributed by atoms with E-state index >= 15 is 0 Å². The fourth-order valence-corrected chi connectivity index (χ4v) is 1.76. The molecule has 1 N–H and O–H groups in total. The summed E-state index contributed by atoms with van der Waals surface area (Å²) >= 11 is 1.29. The van der Waals surface area contributed by atoms with Crippen molar-refractivity contribution in [2.45, 2.75) is 12.7 Å². The number of hydrogen-bond acceptors (Lipinski definition) is 6. The van der Waals surface area contributed by atoms with Crippen LogP contribution in [0.2, 0.25) is 0 Å². The number of nitrogens with zero attached hydrogens (tertiary/aromatic N) is 3. The summed E-state index contributed by atoms with van der Waals surface area (Å²) in [5, 5.41) is 14.3. The van der Waals surface area contributed by atoms with Crippen molar-refractivity contribution in [3.05, 3.63) is 29.9 Å². The van der Waals surface area contributed by atoms with Gasteiger partial charge in [-0.15, -0.1) is 5.10 Å². The third-order valence-electron chi connectivity index (χ3n) is 2.28. The molecule has 124 valence electrons. The molecule has 0 saturated heterocycles. The third-order valence-corrected chi connectivity index (χ3v) is 2.79. The van der Waals surface area contributed by atoms with Crippen molar-refractivity contribution in [2.24, 2.45) is 0 Å². The molecule has 0 bridgehead atoms. The number of aromatic nitrogens is 3. The van der Waals surface area contributed by atoms with E-state index in [0.717, 1.165) is 11.3 Å². The zero-order valence-corrected chi connectivity index (χ0v) is 12.5. The molecule has 0 saturated carbocycles. The molecule has 0 unspecified atom stereocenters. The maximum Gasteiger partial charge on any atom is 0.490 e. The molecular formula is C12H11F3N3O4S+. The normalized spacial score (nSPS) is 10.4. The molecule has 2 aromatic rings. The Labute approximate surface area is 132 Å². The van der Waals surface area contributed by atoms with Crippen LogP contribution in [-0.4, -0.2) is 39.9 Å². The Kier molecular flexibility index (Phi) is 6.57. The number of ether oxygens (including phenoxy) is 1. The molecule has 0 fully saturated rings. The van der Waals surface area contributed by atoms with E-state index in [9.17, 15) is 22.8 Å². The Bertz CT molecular complexity index is 645. The fourth-order valence-electron chi connectivity index (χ4n) is 1.30. The Balaban J connectivity index is 0.000000284. The molecule has 2 aromatic heterocycles. The lowest BCUT2D eigenvalue weighted by Gasteiger charge is -1.99. The lowest BCUT2D eigenvalue weighted by Crippen LogP contribution is -2.36. The van der Waals surface area contributed by atoms with Gasteiger partial charge >= 0.3 is 18.1 Å². The van der Waals surface area contributed by atoms with Crippen molar-refractivity contribution in [1.82, 2.24) is 9.59 Å². The highest BCUT2D eigenvalue weighted by Crippen LogP contribution is 2.15. The molecule has 0 amide bonds. The monoisotopic (exact) mass is 350 g/mol. The van der Waals surface area contributed by atoms with Crippen LogP contribution in [0.4, 0.5) is 13.2 Å². The van der Waals surface area contributed by atoms with Gasteiger partial charge in [-0.25, -0.2) is 9.59 Å². The highest BCUT2D eigenvalue weighted by atomic mass is 32.1. The molecule has 0 atom stereocenters. The van der Waals surface area contributed by atoms with Crippen LogP contribution in [0.15, 0.2) is 29.9 Å². The minimum absolute atomic E-state index is 0.0321. The van der Waals surface area contributed by atoms with E-state index in [1.807, 2.05) is 17.5 Å². The van der Waals surface area contributed by atoms with Crippen LogP contribution in [0.3, 0.4) is 0 Å². The van der Waals surface area contributed by atoms with Gasteiger partial charge in [-0.1, -0.05) is 4.49 Å². The second kappa shape index (κ2) is 8.17. The molecule has 0 radical (unpaired) electrons. The van der Waals surface area contributed by atoms with Crippen molar-refractivity contribution in [1.29, 1.82) is 0 Å². The second-order valence-electron chi connectivity index (χ2n) is 3.93. The van der Waals surface area contributed by atoms with Gasteiger partial charge in [-0.05, 0) is 11.5 Å². The molecule has 2 rings (SSSR count). The summed E-state index contributed by atoms with van der Waals surface area (Å²) in [6.45, 7) is -0.0321. The topological polar surface area (TPSA) is 93.3 Å².